The zero-order valence-corrected chi connectivity index (χ0v) is 12.6. The monoisotopic (exact) mass is 314 g/mol. The van der Waals surface area contributed by atoms with Gasteiger partial charge in [-0.1, -0.05) is 41.8 Å². The molecule has 0 N–H and O–H groups in total. The fraction of sp³-hybridized carbons (Fsp3) is 0.500. The molecule has 4 heteroatoms. The summed E-state index contributed by atoms with van der Waals surface area (Å²) >= 11 is 3.64. The van der Waals surface area contributed by atoms with Crippen LogP contribution in [0.3, 0.4) is 0 Å². The number of hydrogen-bond donors (Lipinski definition) is 0. The topological polar surface area (TPSA) is 35.5 Å². The average Bonchev–Trinajstić information content (AvgIpc) is 2.42. The minimum Gasteiger partial charge on any atom is -0.496 e. The van der Waals surface area contributed by atoms with Crippen LogP contribution in [0.15, 0.2) is 18.2 Å². The molecule has 0 aliphatic carbocycles. The predicted molar refractivity (Wildman–Crippen MR) is 75.5 cm³/mol. The van der Waals surface area contributed by atoms with Crippen molar-refractivity contribution in [2.45, 2.75) is 31.0 Å². The third-order valence-electron chi connectivity index (χ3n) is 2.82. The highest BCUT2D eigenvalue weighted by atomic mass is 79.9. The van der Waals surface area contributed by atoms with Crippen molar-refractivity contribution in [2.75, 3.05) is 14.2 Å². The predicted octanol–water partition coefficient (Wildman–Crippen LogP) is 4.11. The summed E-state index contributed by atoms with van der Waals surface area (Å²) in [5.41, 5.74) is 1.44. The molecular formula is C14H19BrO3. The second kappa shape index (κ2) is 7.41. The zero-order valence-electron chi connectivity index (χ0n) is 11.0. The summed E-state index contributed by atoms with van der Waals surface area (Å²) in [4.78, 5) is 11.9. The van der Waals surface area contributed by atoms with E-state index in [9.17, 15) is 4.79 Å². The van der Waals surface area contributed by atoms with Crippen LogP contribution in [-0.4, -0.2) is 20.2 Å². The van der Waals surface area contributed by atoms with E-state index in [1.165, 1.54) is 7.11 Å². The van der Waals surface area contributed by atoms with Crippen molar-refractivity contribution in [3.8, 4) is 5.75 Å². The van der Waals surface area contributed by atoms with Gasteiger partial charge < -0.3 is 9.47 Å². The van der Waals surface area contributed by atoms with Gasteiger partial charge in [-0.05, 0) is 18.6 Å². The summed E-state index contributed by atoms with van der Waals surface area (Å²) in [6, 6.07) is 5.43. The molecule has 0 heterocycles. The Balaban J connectivity index is 3.14. The van der Waals surface area contributed by atoms with Crippen LogP contribution in [0.5, 0.6) is 5.75 Å². The lowest BCUT2D eigenvalue weighted by molar-refractivity contribution is 0.0599. The Kier molecular flexibility index (Phi) is 6.19. The minimum atomic E-state index is -0.329. The maximum absolute atomic E-state index is 11.8. The molecule has 0 fully saturated rings. The summed E-state index contributed by atoms with van der Waals surface area (Å²) in [6.07, 6.45) is 3.17. The van der Waals surface area contributed by atoms with Crippen LogP contribution in [-0.2, 0) is 4.74 Å². The molecule has 1 unspecified atom stereocenters. The molecule has 0 radical (unpaired) electrons. The largest absolute Gasteiger partial charge is 0.496 e. The van der Waals surface area contributed by atoms with E-state index in [2.05, 4.69) is 22.9 Å². The maximum Gasteiger partial charge on any atom is 0.338 e. The molecule has 0 spiro atoms. The second-order valence-corrected chi connectivity index (χ2v) is 5.13. The highest BCUT2D eigenvalue weighted by molar-refractivity contribution is 9.09. The van der Waals surface area contributed by atoms with Gasteiger partial charge in [0.05, 0.1) is 19.8 Å². The van der Waals surface area contributed by atoms with Crippen molar-refractivity contribution in [1.82, 2.24) is 0 Å². The van der Waals surface area contributed by atoms with Crippen LogP contribution in [0.4, 0.5) is 0 Å². The van der Waals surface area contributed by atoms with Gasteiger partial charge in [0.1, 0.15) is 5.75 Å². The quantitative estimate of drug-likeness (QED) is 0.585. The SMILES string of the molecule is CCCCC(Br)c1c(OC)cccc1C(=O)OC. The number of unbranched alkanes of at least 4 members (excludes halogenated alkanes) is 1. The van der Waals surface area contributed by atoms with E-state index in [4.69, 9.17) is 9.47 Å². The Labute approximate surface area is 117 Å². The molecule has 1 atom stereocenters. The summed E-state index contributed by atoms with van der Waals surface area (Å²) in [6.45, 7) is 2.14. The van der Waals surface area contributed by atoms with E-state index < -0.39 is 0 Å². The third kappa shape index (κ3) is 3.48. The molecule has 0 saturated heterocycles. The van der Waals surface area contributed by atoms with Gasteiger partial charge in [-0.25, -0.2) is 4.79 Å². The van der Waals surface area contributed by atoms with Crippen molar-refractivity contribution >= 4 is 21.9 Å². The van der Waals surface area contributed by atoms with E-state index in [1.54, 1.807) is 19.2 Å². The lowest BCUT2D eigenvalue weighted by Crippen LogP contribution is -2.08. The van der Waals surface area contributed by atoms with E-state index >= 15 is 0 Å². The van der Waals surface area contributed by atoms with Gasteiger partial charge in [0, 0.05) is 10.4 Å². The third-order valence-corrected chi connectivity index (χ3v) is 3.73. The Morgan fingerprint density at radius 2 is 2.11 bits per heavy atom. The van der Waals surface area contributed by atoms with E-state index in [0.717, 1.165) is 30.6 Å². The van der Waals surface area contributed by atoms with E-state index in [0.29, 0.717) is 5.56 Å². The molecule has 0 bridgehead atoms. The molecule has 0 saturated carbocycles. The van der Waals surface area contributed by atoms with Crippen molar-refractivity contribution < 1.29 is 14.3 Å². The number of benzene rings is 1. The van der Waals surface area contributed by atoms with Crippen molar-refractivity contribution in [3.63, 3.8) is 0 Å². The fourth-order valence-electron chi connectivity index (χ4n) is 1.86. The number of carbonyl (C=O) groups excluding carboxylic acids is 1. The number of methoxy groups -OCH3 is 2. The smallest absolute Gasteiger partial charge is 0.338 e. The number of rotatable bonds is 6. The second-order valence-electron chi connectivity index (χ2n) is 4.02. The summed E-state index contributed by atoms with van der Waals surface area (Å²) in [5, 5.41) is 0. The first-order chi connectivity index (χ1) is 8.65. The Morgan fingerprint density at radius 1 is 1.39 bits per heavy atom. The van der Waals surface area contributed by atoms with Crippen LogP contribution in [0.25, 0.3) is 0 Å². The molecular weight excluding hydrogens is 296 g/mol. The van der Waals surface area contributed by atoms with Crippen molar-refractivity contribution in [1.29, 1.82) is 0 Å². The van der Waals surface area contributed by atoms with Gasteiger partial charge in [0.15, 0.2) is 0 Å². The summed E-state index contributed by atoms with van der Waals surface area (Å²) < 4.78 is 10.2. The van der Waals surface area contributed by atoms with Crippen LogP contribution in [0.1, 0.15) is 46.9 Å². The number of alkyl halides is 1. The fourth-order valence-corrected chi connectivity index (χ4v) is 2.66. The molecule has 100 valence electrons. The number of esters is 1. The van der Waals surface area contributed by atoms with Gasteiger partial charge in [0.25, 0.3) is 0 Å². The van der Waals surface area contributed by atoms with Gasteiger partial charge >= 0.3 is 5.97 Å². The van der Waals surface area contributed by atoms with Crippen LogP contribution < -0.4 is 4.74 Å². The summed E-state index contributed by atoms with van der Waals surface area (Å²) in [7, 11) is 3.00. The lowest BCUT2D eigenvalue weighted by atomic mass is 10.00. The van der Waals surface area contributed by atoms with Crippen molar-refractivity contribution in [3.05, 3.63) is 29.3 Å². The van der Waals surface area contributed by atoms with E-state index in [-0.39, 0.29) is 10.8 Å². The molecule has 1 rings (SSSR count). The highest BCUT2D eigenvalue weighted by Gasteiger charge is 2.21. The molecule has 1 aromatic carbocycles. The van der Waals surface area contributed by atoms with Crippen molar-refractivity contribution in [2.24, 2.45) is 0 Å². The highest BCUT2D eigenvalue weighted by Crippen LogP contribution is 2.37. The van der Waals surface area contributed by atoms with Crippen LogP contribution >= 0.6 is 15.9 Å². The molecule has 0 aromatic heterocycles. The molecule has 18 heavy (non-hydrogen) atoms. The first kappa shape index (κ1) is 15.0. The maximum atomic E-state index is 11.8. The minimum absolute atomic E-state index is 0.0997. The molecule has 1 aromatic rings. The van der Waals surface area contributed by atoms with Gasteiger partial charge in [0.2, 0.25) is 0 Å². The van der Waals surface area contributed by atoms with Gasteiger partial charge in [-0.15, -0.1) is 0 Å². The standard InChI is InChI=1S/C14H19BrO3/c1-4-5-8-11(15)13-10(14(16)18-3)7-6-9-12(13)17-2/h6-7,9,11H,4-5,8H2,1-3H3. The Morgan fingerprint density at radius 3 is 2.67 bits per heavy atom. The molecule has 0 aliphatic heterocycles. The molecule has 3 nitrogen and oxygen atoms in total. The van der Waals surface area contributed by atoms with Crippen LogP contribution in [0.2, 0.25) is 0 Å². The Hall–Kier alpha value is -1.03. The summed E-state index contributed by atoms with van der Waals surface area (Å²) in [5.74, 6) is 0.390. The van der Waals surface area contributed by atoms with Crippen LogP contribution in [0, 0.1) is 0 Å². The average molecular weight is 315 g/mol. The van der Waals surface area contributed by atoms with Gasteiger partial charge in [-0.2, -0.15) is 0 Å². The number of ether oxygens (including phenoxy) is 2. The lowest BCUT2D eigenvalue weighted by Gasteiger charge is -2.17. The normalized spacial score (nSPS) is 12.0. The Bertz CT molecular complexity index is 404. The number of halogens is 1. The van der Waals surface area contributed by atoms with E-state index in [1.807, 2.05) is 6.07 Å². The van der Waals surface area contributed by atoms with Gasteiger partial charge in [-0.3, -0.25) is 0 Å². The molecule has 0 amide bonds. The first-order valence-corrected chi connectivity index (χ1v) is 6.96. The number of carbonyl (C=O) groups is 1. The molecule has 0 aliphatic rings. The first-order valence-electron chi connectivity index (χ1n) is 6.05. The number of hydrogen-bond acceptors (Lipinski definition) is 3. The zero-order chi connectivity index (χ0) is 13.5.